The van der Waals surface area contributed by atoms with E-state index in [1.807, 2.05) is 43.0 Å². The third-order valence-electron chi connectivity index (χ3n) is 3.53. The Morgan fingerprint density at radius 3 is 2.57 bits per heavy atom. The Balaban J connectivity index is 2.55. The molecule has 0 unspecified atom stereocenters. The zero-order valence-electron chi connectivity index (χ0n) is 14.5. The Hall–Kier alpha value is -2.08. The Morgan fingerprint density at radius 1 is 1.22 bits per heavy atom. The van der Waals surface area contributed by atoms with E-state index in [2.05, 4.69) is 5.32 Å². The number of carbonyl (C=O) groups excluding carboxylic acids is 2. The fraction of sp³-hybridized carbons (Fsp3) is 0.529. The van der Waals surface area contributed by atoms with E-state index >= 15 is 0 Å². The van der Waals surface area contributed by atoms with Gasteiger partial charge in [-0.05, 0) is 31.2 Å². The Morgan fingerprint density at radius 2 is 1.96 bits per heavy atom. The van der Waals surface area contributed by atoms with Gasteiger partial charge in [-0.3, -0.25) is 14.5 Å². The Labute approximate surface area is 138 Å². The number of nitrogens with one attached hydrogen (secondary N) is 1. The lowest BCUT2D eigenvalue weighted by atomic mass is 10.2. The van der Waals surface area contributed by atoms with Crippen molar-refractivity contribution in [3.05, 3.63) is 29.8 Å². The van der Waals surface area contributed by atoms with Crippen molar-refractivity contribution in [1.82, 2.24) is 15.1 Å². The summed E-state index contributed by atoms with van der Waals surface area (Å²) in [5.74, 6) is 0.700. The summed E-state index contributed by atoms with van der Waals surface area (Å²) in [5.41, 5.74) is 1.01. The highest BCUT2D eigenvalue weighted by atomic mass is 16.5. The number of carbonyl (C=O) groups is 2. The zero-order chi connectivity index (χ0) is 17.2. The molecular weight excluding hydrogens is 294 g/mol. The third kappa shape index (κ3) is 6.69. The number of hydrogen-bond donors (Lipinski definition) is 1. The Bertz CT molecular complexity index is 520. The van der Waals surface area contributed by atoms with Gasteiger partial charge in [0.1, 0.15) is 5.75 Å². The molecule has 0 spiro atoms. The summed E-state index contributed by atoms with van der Waals surface area (Å²) in [6, 6.07) is 7.64. The minimum Gasteiger partial charge on any atom is -0.497 e. The molecule has 0 fully saturated rings. The summed E-state index contributed by atoms with van der Waals surface area (Å²) in [6.45, 7) is 6.04. The van der Waals surface area contributed by atoms with Crippen LogP contribution in [0.4, 0.5) is 0 Å². The molecule has 23 heavy (non-hydrogen) atoms. The number of amides is 2. The van der Waals surface area contributed by atoms with Crippen molar-refractivity contribution in [2.45, 2.75) is 20.4 Å². The summed E-state index contributed by atoms with van der Waals surface area (Å²) in [7, 11) is 3.39. The van der Waals surface area contributed by atoms with E-state index in [9.17, 15) is 9.59 Å². The molecule has 1 rings (SSSR count). The van der Waals surface area contributed by atoms with Crippen molar-refractivity contribution in [2.24, 2.45) is 0 Å². The molecule has 0 saturated heterocycles. The predicted octanol–water partition coefficient (Wildman–Crippen LogP) is 1.11. The van der Waals surface area contributed by atoms with Crippen LogP contribution in [0.2, 0.25) is 0 Å². The third-order valence-corrected chi connectivity index (χ3v) is 3.53. The molecule has 0 heterocycles. The second kappa shape index (κ2) is 9.84. The van der Waals surface area contributed by atoms with Crippen molar-refractivity contribution in [1.29, 1.82) is 0 Å². The topological polar surface area (TPSA) is 61.9 Å². The van der Waals surface area contributed by atoms with E-state index in [0.29, 0.717) is 19.6 Å². The SMILES string of the molecule is CCNC(=O)CN(CC)CC(=O)N(C)Cc1cccc(OC)c1. The second-order valence-electron chi connectivity index (χ2n) is 5.36. The van der Waals surface area contributed by atoms with Crippen molar-refractivity contribution >= 4 is 11.8 Å². The monoisotopic (exact) mass is 321 g/mol. The number of rotatable bonds is 9. The first-order valence-corrected chi connectivity index (χ1v) is 7.86. The summed E-state index contributed by atoms with van der Waals surface area (Å²) >= 11 is 0. The lowest BCUT2D eigenvalue weighted by Gasteiger charge is -2.23. The molecule has 0 aliphatic heterocycles. The molecule has 1 aromatic carbocycles. The van der Waals surface area contributed by atoms with E-state index in [-0.39, 0.29) is 24.9 Å². The minimum atomic E-state index is -0.0578. The van der Waals surface area contributed by atoms with E-state index < -0.39 is 0 Å². The van der Waals surface area contributed by atoms with Gasteiger partial charge in [-0.1, -0.05) is 19.1 Å². The average molecular weight is 321 g/mol. The Kier molecular flexibility index (Phi) is 8.11. The van der Waals surface area contributed by atoms with Crippen LogP contribution in [0.15, 0.2) is 24.3 Å². The minimum absolute atomic E-state index is 0.0148. The zero-order valence-corrected chi connectivity index (χ0v) is 14.5. The molecule has 1 aromatic rings. The van der Waals surface area contributed by atoms with Crippen LogP contribution in [0.1, 0.15) is 19.4 Å². The standard InChI is InChI=1S/C17H27N3O3/c1-5-18-16(21)12-20(6-2)13-17(22)19(3)11-14-8-7-9-15(10-14)23-4/h7-10H,5-6,11-13H2,1-4H3,(H,18,21). The van der Waals surface area contributed by atoms with Crippen molar-refractivity contribution < 1.29 is 14.3 Å². The van der Waals surface area contributed by atoms with Gasteiger partial charge in [-0.2, -0.15) is 0 Å². The fourth-order valence-corrected chi connectivity index (χ4v) is 2.18. The van der Waals surface area contributed by atoms with Gasteiger partial charge in [-0.25, -0.2) is 0 Å². The van der Waals surface area contributed by atoms with Gasteiger partial charge >= 0.3 is 0 Å². The largest absolute Gasteiger partial charge is 0.497 e. The van der Waals surface area contributed by atoms with E-state index in [4.69, 9.17) is 4.74 Å². The fourth-order valence-electron chi connectivity index (χ4n) is 2.18. The van der Waals surface area contributed by atoms with E-state index in [1.165, 1.54) is 0 Å². The molecule has 0 atom stereocenters. The first-order chi connectivity index (χ1) is 11.0. The molecular formula is C17H27N3O3. The maximum atomic E-state index is 12.3. The number of nitrogens with zero attached hydrogens (tertiary/aromatic N) is 2. The summed E-state index contributed by atoms with van der Waals surface area (Å²) in [4.78, 5) is 27.5. The van der Waals surface area contributed by atoms with Crippen LogP contribution >= 0.6 is 0 Å². The van der Waals surface area contributed by atoms with Crippen LogP contribution in [-0.2, 0) is 16.1 Å². The number of ether oxygens (including phenoxy) is 1. The van der Waals surface area contributed by atoms with Crippen LogP contribution in [-0.4, -0.2) is 62.0 Å². The maximum absolute atomic E-state index is 12.3. The van der Waals surface area contributed by atoms with Crippen molar-refractivity contribution in [2.75, 3.05) is 40.3 Å². The number of likely N-dealkylation sites (N-methyl/N-ethyl adjacent to an activating group) is 3. The molecule has 0 aliphatic rings. The maximum Gasteiger partial charge on any atom is 0.236 e. The van der Waals surface area contributed by atoms with Crippen LogP contribution in [0.5, 0.6) is 5.75 Å². The molecule has 2 amide bonds. The van der Waals surface area contributed by atoms with Gasteiger partial charge in [0.2, 0.25) is 11.8 Å². The van der Waals surface area contributed by atoms with Crippen LogP contribution < -0.4 is 10.1 Å². The number of methoxy groups -OCH3 is 1. The molecule has 0 bridgehead atoms. The van der Waals surface area contributed by atoms with Crippen LogP contribution in [0.3, 0.4) is 0 Å². The van der Waals surface area contributed by atoms with Gasteiger partial charge in [0.05, 0.1) is 20.2 Å². The second-order valence-corrected chi connectivity index (χ2v) is 5.36. The first kappa shape index (κ1) is 19.0. The quantitative estimate of drug-likeness (QED) is 0.740. The van der Waals surface area contributed by atoms with Crippen molar-refractivity contribution in [3.8, 4) is 5.75 Å². The molecule has 0 saturated carbocycles. The average Bonchev–Trinajstić information content (AvgIpc) is 2.54. The molecule has 1 N–H and O–H groups in total. The first-order valence-electron chi connectivity index (χ1n) is 7.86. The van der Waals surface area contributed by atoms with E-state index in [1.54, 1.807) is 19.1 Å². The van der Waals surface area contributed by atoms with Gasteiger partial charge < -0.3 is 15.0 Å². The molecule has 0 aromatic heterocycles. The highest BCUT2D eigenvalue weighted by Gasteiger charge is 2.16. The van der Waals surface area contributed by atoms with Gasteiger partial charge in [0.25, 0.3) is 0 Å². The summed E-state index contributed by atoms with van der Waals surface area (Å²) in [6.07, 6.45) is 0. The molecule has 6 heteroatoms. The van der Waals surface area contributed by atoms with Crippen molar-refractivity contribution in [3.63, 3.8) is 0 Å². The molecule has 0 aliphatic carbocycles. The lowest BCUT2D eigenvalue weighted by molar-refractivity contribution is -0.132. The van der Waals surface area contributed by atoms with Gasteiger partial charge in [0.15, 0.2) is 0 Å². The predicted molar refractivity (Wildman–Crippen MR) is 90.3 cm³/mol. The number of benzene rings is 1. The molecule has 6 nitrogen and oxygen atoms in total. The number of hydrogen-bond acceptors (Lipinski definition) is 4. The highest BCUT2D eigenvalue weighted by molar-refractivity contribution is 5.81. The van der Waals surface area contributed by atoms with E-state index in [0.717, 1.165) is 11.3 Å². The van der Waals surface area contributed by atoms with Crippen LogP contribution in [0, 0.1) is 0 Å². The summed E-state index contributed by atoms with van der Waals surface area (Å²) in [5, 5.41) is 2.75. The molecule has 0 radical (unpaired) electrons. The normalized spacial score (nSPS) is 10.5. The van der Waals surface area contributed by atoms with Gasteiger partial charge in [-0.15, -0.1) is 0 Å². The van der Waals surface area contributed by atoms with Crippen LogP contribution in [0.25, 0.3) is 0 Å². The summed E-state index contributed by atoms with van der Waals surface area (Å²) < 4.78 is 5.19. The van der Waals surface area contributed by atoms with Gasteiger partial charge in [0, 0.05) is 20.1 Å². The molecule has 128 valence electrons. The smallest absolute Gasteiger partial charge is 0.236 e. The highest BCUT2D eigenvalue weighted by Crippen LogP contribution is 2.13. The lowest BCUT2D eigenvalue weighted by Crippen LogP contribution is -2.43.